The molecule has 0 N–H and O–H groups in total. The normalized spacial score (nSPS) is 14.8. The van der Waals surface area contributed by atoms with Crippen LogP contribution in [0.25, 0.3) is 0 Å². The van der Waals surface area contributed by atoms with E-state index in [-0.39, 0.29) is 13.2 Å². The van der Waals surface area contributed by atoms with Crippen molar-refractivity contribution in [2.75, 3.05) is 13.2 Å². The van der Waals surface area contributed by atoms with Gasteiger partial charge >= 0.3 is 11.9 Å². The first-order valence-corrected chi connectivity index (χ1v) is 5.85. The molecule has 0 radical (unpaired) electrons. The molecule has 1 unspecified atom stereocenters. The van der Waals surface area contributed by atoms with Gasteiger partial charge in [0.1, 0.15) is 13.0 Å². The lowest BCUT2D eigenvalue weighted by atomic mass is 9.89. The van der Waals surface area contributed by atoms with Crippen molar-refractivity contribution < 1.29 is 27.8 Å². The number of carbonyl (C=O) groups excluding carboxylic acids is 2. The molecule has 0 spiro atoms. The fraction of sp³-hybridized carbons (Fsp3) is 0.833. The molecule has 0 aliphatic carbocycles. The summed E-state index contributed by atoms with van der Waals surface area (Å²) in [6.45, 7) is 5.57. The number of esters is 2. The van der Waals surface area contributed by atoms with E-state index in [1.54, 1.807) is 20.8 Å². The molecule has 0 aromatic carbocycles. The number of carbonyl (C=O) groups is 2. The van der Waals surface area contributed by atoms with Gasteiger partial charge in [0.05, 0.1) is 12.0 Å². The van der Waals surface area contributed by atoms with Gasteiger partial charge in [-0.25, -0.2) is 8.78 Å². The van der Waals surface area contributed by atoms with Crippen LogP contribution < -0.4 is 0 Å². The second kappa shape index (κ2) is 6.66. The molecule has 106 valence electrons. The third-order valence-corrected chi connectivity index (χ3v) is 2.56. The Balaban J connectivity index is 4.38. The first kappa shape index (κ1) is 16.8. The molecule has 1 atom stereocenters. The van der Waals surface area contributed by atoms with Crippen LogP contribution >= 0.6 is 0 Å². The zero-order valence-corrected chi connectivity index (χ0v) is 11.2. The standard InChI is InChI=1S/C12H20F2O4/c1-5-11(3,10(16)17-6-2)8-18-9(15)7-12(4,13)14/h5-8H2,1-4H3. The zero-order chi connectivity index (χ0) is 14.4. The molecule has 0 aliphatic rings. The summed E-state index contributed by atoms with van der Waals surface area (Å²) in [5, 5.41) is 0. The molecule has 0 aliphatic heterocycles. The van der Waals surface area contributed by atoms with Crippen molar-refractivity contribution in [2.45, 2.75) is 46.5 Å². The highest BCUT2D eigenvalue weighted by atomic mass is 19.3. The van der Waals surface area contributed by atoms with Gasteiger partial charge in [-0.05, 0) is 27.2 Å². The summed E-state index contributed by atoms with van der Waals surface area (Å²) in [5.74, 6) is -4.63. The third kappa shape index (κ3) is 5.93. The molecular formula is C12H20F2O4. The number of halogens is 2. The molecule has 0 bridgehead atoms. The van der Waals surface area contributed by atoms with Gasteiger partial charge in [-0.1, -0.05) is 6.92 Å². The zero-order valence-electron chi connectivity index (χ0n) is 11.2. The smallest absolute Gasteiger partial charge is 0.315 e. The van der Waals surface area contributed by atoms with Crippen molar-refractivity contribution in [1.82, 2.24) is 0 Å². The summed E-state index contributed by atoms with van der Waals surface area (Å²) < 4.78 is 34.7. The molecule has 6 heteroatoms. The molecule has 0 heterocycles. The summed E-state index contributed by atoms with van der Waals surface area (Å²) in [4.78, 5) is 22.8. The van der Waals surface area contributed by atoms with Gasteiger partial charge in [-0.15, -0.1) is 0 Å². The van der Waals surface area contributed by atoms with Crippen LogP contribution in [-0.2, 0) is 19.1 Å². The summed E-state index contributed by atoms with van der Waals surface area (Å²) in [6, 6.07) is 0. The molecule has 18 heavy (non-hydrogen) atoms. The highest BCUT2D eigenvalue weighted by Crippen LogP contribution is 2.25. The van der Waals surface area contributed by atoms with Crippen LogP contribution in [-0.4, -0.2) is 31.1 Å². The van der Waals surface area contributed by atoms with Crippen LogP contribution in [0, 0.1) is 5.41 Å². The van der Waals surface area contributed by atoms with Crippen molar-refractivity contribution in [3.63, 3.8) is 0 Å². The Morgan fingerprint density at radius 1 is 1.11 bits per heavy atom. The summed E-state index contributed by atoms with van der Waals surface area (Å²) in [7, 11) is 0. The van der Waals surface area contributed by atoms with E-state index in [0.29, 0.717) is 13.3 Å². The molecular weight excluding hydrogens is 246 g/mol. The Morgan fingerprint density at radius 3 is 2.06 bits per heavy atom. The maximum Gasteiger partial charge on any atom is 0.315 e. The Labute approximate surface area is 106 Å². The average Bonchev–Trinajstić information content (AvgIpc) is 2.24. The molecule has 0 aromatic heterocycles. The Bertz CT molecular complexity index is 299. The van der Waals surface area contributed by atoms with Crippen molar-refractivity contribution in [3.05, 3.63) is 0 Å². The lowest BCUT2D eigenvalue weighted by Crippen LogP contribution is -2.35. The van der Waals surface area contributed by atoms with E-state index < -0.39 is 29.7 Å². The molecule has 0 amide bonds. The lowest BCUT2D eigenvalue weighted by Gasteiger charge is -2.25. The second-order valence-electron chi connectivity index (χ2n) is 4.54. The van der Waals surface area contributed by atoms with Gasteiger partial charge in [0.25, 0.3) is 5.92 Å². The van der Waals surface area contributed by atoms with Crippen LogP contribution in [0.5, 0.6) is 0 Å². The highest BCUT2D eigenvalue weighted by Gasteiger charge is 2.35. The largest absolute Gasteiger partial charge is 0.465 e. The lowest BCUT2D eigenvalue weighted by molar-refractivity contribution is -0.164. The fourth-order valence-electron chi connectivity index (χ4n) is 1.15. The van der Waals surface area contributed by atoms with E-state index in [0.717, 1.165) is 0 Å². The number of hydrogen-bond acceptors (Lipinski definition) is 4. The van der Waals surface area contributed by atoms with Gasteiger partial charge in [0.2, 0.25) is 0 Å². The van der Waals surface area contributed by atoms with Crippen molar-refractivity contribution >= 4 is 11.9 Å². The minimum atomic E-state index is -3.11. The van der Waals surface area contributed by atoms with Gasteiger partial charge in [-0.3, -0.25) is 9.59 Å². The summed E-state index contributed by atoms with van der Waals surface area (Å²) in [6.07, 6.45) is -0.600. The molecule has 0 fully saturated rings. The van der Waals surface area contributed by atoms with Crippen LogP contribution in [0.4, 0.5) is 8.78 Å². The van der Waals surface area contributed by atoms with E-state index in [1.807, 2.05) is 0 Å². The highest BCUT2D eigenvalue weighted by molar-refractivity contribution is 5.77. The third-order valence-electron chi connectivity index (χ3n) is 2.56. The second-order valence-corrected chi connectivity index (χ2v) is 4.54. The van der Waals surface area contributed by atoms with Crippen molar-refractivity contribution in [1.29, 1.82) is 0 Å². The number of ether oxygens (including phenoxy) is 2. The van der Waals surface area contributed by atoms with Gasteiger partial charge in [0.15, 0.2) is 0 Å². The van der Waals surface area contributed by atoms with Gasteiger partial charge in [0, 0.05) is 0 Å². The predicted octanol–water partition coefficient (Wildman–Crippen LogP) is 2.55. The molecule has 0 rings (SSSR count). The van der Waals surface area contributed by atoms with Crippen molar-refractivity contribution in [2.24, 2.45) is 5.41 Å². The van der Waals surface area contributed by atoms with Crippen molar-refractivity contribution in [3.8, 4) is 0 Å². The van der Waals surface area contributed by atoms with Gasteiger partial charge < -0.3 is 9.47 Å². The van der Waals surface area contributed by atoms with E-state index in [9.17, 15) is 18.4 Å². The minimum absolute atomic E-state index is 0.218. The van der Waals surface area contributed by atoms with E-state index >= 15 is 0 Å². The summed E-state index contributed by atoms with van der Waals surface area (Å²) >= 11 is 0. The van der Waals surface area contributed by atoms with E-state index in [4.69, 9.17) is 9.47 Å². The van der Waals surface area contributed by atoms with E-state index in [1.165, 1.54) is 0 Å². The number of alkyl halides is 2. The molecule has 0 aromatic rings. The molecule has 4 nitrogen and oxygen atoms in total. The Hall–Kier alpha value is -1.20. The predicted molar refractivity (Wildman–Crippen MR) is 61.2 cm³/mol. The fourth-order valence-corrected chi connectivity index (χ4v) is 1.15. The first-order chi connectivity index (χ1) is 8.14. The Morgan fingerprint density at radius 2 is 1.67 bits per heavy atom. The van der Waals surface area contributed by atoms with Crippen LogP contribution in [0.2, 0.25) is 0 Å². The maximum atomic E-state index is 12.6. The maximum absolute atomic E-state index is 12.6. The van der Waals surface area contributed by atoms with Crippen LogP contribution in [0.3, 0.4) is 0 Å². The number of rotatable bonds is 7. The molecule has 0 saturated carbocycles. The average molecular weight is 266 g/mol. The number of hydrogen-bond donors (Lipinski definition) is 0. The minimum Gasteiger partial charge on any atom is -0.465 e. The monoisotopic (exact) mass is 266 g/mol. The van der Waals surface area contributed by atoms with E-state index in [2.05, 4.69) is 0 Å². The van der Waals surface area contributed by atoms with Gasteiger partial charge in [-0.2, -0.15) is 0 Å². The topological polar surface area (TPSA) is 52.6 Å². The van der Waals surface area contributed by atoms with Crippen LogP contribution in [0.1, 0.15) is 40.5 Å². The quantitative estimate of drug-likeness (QED) is 0.664. The Kier molecular flexibility index (Phi) is 6.21. The summed E-state index contributed by atoms with van der Waals surface area (Å²) in [5.41, 5.74) is -0.991. The SMILES string of the molecule is CCOC(=O)C(C)(CC)COC(=O)CC(C)(F)F. The first-order valence-electron chi connectivity index (χ1n) is 5.85. The molecule has 0 saturated heterocycles. The van der Waals surface area contributed by atoms with Crippen LogP contribution in [0.15, 0.2) is 0 Å².